The van der Waals surface area contributed by atoms with E-state index in [9.17, 15) is 4.79 Å². The zero-order valence-corrected chi connectivity index (χ0v) is 13.6. The van der Waals surface area contributed by atoms with Gasteiger partial charge in [0.1, 0.15) is 0 Å². The molecule has 1 aromatic heterocycles. The van der Waals surface area contributed by atoms with Gasteiger partial charge in [0.2, 0.25) is 5.91 Å². The number of nitrogens with zero attached hydrogens (tertiary/aromatic N) is 2. The van der Waals surface area contributed by atoms with Crippen LogP contribution in [0.3, 0.4) is 0 Å². The van der Waals surface area contributed by atoms with E-state index in [0.29, 0.717) is 17.9 Å². The Morgan fingerprint density at radius 3 is 2.64 bits per heavy atom. The summed E-state index contributed by atoms with van der Waals surface area (Å²) in [7, 11) is 0. The first-order valence-corrected chi connectivity index (χ1v) is 9.01. The van der Waals surface area contributed by atoms with Crippen LogP contribution in [-0.2, 0) is 9.53 Å². The second-order valence-electron chi connectivity index (χ2n) is 6.05. The molecule has 5 nitrogen and oxygen atoms in total. The van der Waals surface area contributed by atoms with Crippen molar-refractivity contribution in [2.24, 2.45) is 5.92 Å². The number of amides is 1. The Labute approximate surface area is 135 Å². The van der Waals surface area contributed by atoms with Crippen LogP contribution in [0, 0.1) is 5.92 Å². The lowest BCUT2D eigenvalue weighted by Gasteiger charge is -2.30. The quantitative estimate of drug-likeness (QED) is 0.863. The van der Waals surface area contributed by atoms with Crippen LogP contribution in [0.1, 0.15) is 38.5 Å². The molecule has 120 valence electrons. The third-order valence-corrected chi connectivity index (χ3v) is 5.59. The van der Waals surface area contributed by atoms with Crippen molar-refractivity contribution in [1.82, 2.24) is 15.3 Å². The summed E-state index contributed by atoms with van der Waals surface area (Å²) in [6.07, 6.45) is 9.83. The number of nitrogens with one attached hydrogen (secondary N) is 1. The molecule has 2 aliphatic rings. The Balaban J connectivity index is 1.40. The van der Waals surface area contributed by atoms with Gasteiger partial charge in [0.05, 0.1) is 12.5 Å². The normalized spacial score (nSPS) is 29.0. The molecule has 0 radical (unpaired) electrons. The number of thioether (sulfide) groups is 1. The highest BCUT2D eigenvalue weighted by atomic mass is 32.2. The van der Waals surface area contributed by atoms with Gasteiger partial charge in [0.25, 0.3) is 0 Å². The summed E-state index contributed by atoms with van der Waals surface area (Å²) in [4.78, 5) is 20.8. The molecule has 1 aromatic rings. The first kappa shape index (κ1) is 15.7. The zero-order valence-electron chi connectivity index (χ0n) is 12.7. The molecule has 1 amide bonds. The standard InChI is InChI=1S/C16H23N3O2S/c20-15(12-3-1-10-21-11-12)19-13-4-6-14(7-5-13)22-16-17-8-2-9-18-16/h2,8-9,12-14H,1,3-7,10-11H2,(H,19,20). The molecule has 2 fully saturated rings. The summed E-state index contributed by atoms with van der Waals surface area (Å²) in [5.74, 6) is 0.237. The summed E-state index contributed by atoms with van der Waals surface area (Å²) in [6.45, 7) is 1.38. The summed E-state index contributed by atoms with van der Waals surface area (Å²) in [5, 5.41) is 4.63. The molecule has 2 heterocycles. The lowest BCUT2D eigenvalue weighted by atomic mass is 9.93. The molecule has 1 atom stereocenters. The minimum absolute atomic E-state index is 0.0542. The molecule has 3 rings (SSSR count). The van der Waals surface area contributed by atoms with Gasteiger partial charge in [-0.05, 0) is 44.6 Å². The second kappa shape index (κ2) is 7.92. The molecule has 1 saturated carbocycles. The van der Waals surface area contributed by atoms with Crippen molar-refractivity contribution in [3.8, 4) is 0 Å². The highest BCUT2D eigenvalue weighted by Crippen LogP contribution is 2.32. The Morgan fingerprint density at radius 2 is 1.95 bits per heavy atom. The maximum absolute atomic E-state index is 12.2. The van der Waals surface area contributed by atoms with E-state index in [4.69, 9.17) is 4.74 Å². The van der Waals surface area contributed by atoms with Crippen LogP contribution in [0.15, 0.2) is 23.6 Å². The smallest absolute Gasteiger partial charge is 0.225 e. The molecule has 1 aliphatic carbocycles. The van der Waals surface area contributed by atoms with Gasteiger partial charge in [0, 0.05) is 30.3 Å². The molecular formula is C16H23N3O2S. The van der Waals surface area contributed by atoms with Crippen molar-refractivity contribution in [1.29, 1.82) is 0 Å². The number of aromatic nitrogens is 2. The van der Waals surface area contributed by atoms with Gasteiger partial charge in [-0.3, -0.25) is 4.79 Å². The fourth-order valence-corrected chi connectivity index (χ4v) is 4.14. The minimum atomic E-state index is 0.0542. The van der Waals surface area contributed by atoms with E-state index >= 15 is 0 Å². The maximum Gasteiger partial charge on any atom is 0.225 e. The topological polar surface area (TPSA) is 64.1 Å². The summed E-state index contributed by atoms with van der Waals surface area (Å²) < 4.78 is 5.40. The van der Waals surface area contributed by atoms with E-state index < -0.39 is 0 Å². The van der Waals surface area contributed by atoms with Gasteiger partial charge < -0.3 is 10.1 Å². The summed E-state index contributed by atoms with van der Waals surface area (Å²) >= 11 is 1.76. The molecule has 22 heavy (non-hydrogen) atoms. The Bertz CT molecular complexity index is 472. The van der Waals surface area contributed by atoms with Crippen molar-refractivity contribution >= 4 is 17.7 Å². The molecule has 1 aliphatic heterocycles. The fourth-order valence-electron chi connectivity index (χ4n) is 3.09. The second-order valence-corrected chi connectivity index (χ2v) is 7.31. The molecule has 6 heteroatoms. The molecule has 1 N–H and O–H groups in total. The molecular weight excluding hydrogens is 298 g/mol. The first-order chi connectivity index (χ1) is 10.8. The fraction of sp³-hybridized carbons (Fsp3) is 0.688. The number of rotatable bonds is 4. The Kier molecular flexibility index (Phi) is 5.67. The average Bonchev–Trinajstić information content (AvgIpc) is 2.58. The minimum Gasteiger partial charge on any atom is -0.381 e. The van der Waals surface area contributed by atoms with Crippen molar-refractivity contribution in [2.75, 3.05) is 13.2 Å². The maximum atomic E-state index is 12.2. The molecule has 0 aromatic carbocycles. The van der Waals surface area contributed by atoms with Crippen LogP contribution in [0.5, 0.6) is 0 Å². The van der Waals surface area contributed by atoms with Crippen LogP contribution in [-0.4, -0.2) is 40.4 Å². The predicted octanol–water partition coefficient (Wildman–Crippen LogP) is 2.42. The van der Waals surface area contributed by atoms with Gasteiger partial charge >= 0.3 is 0 Å². The molecule has 1 saturated heterocycles. The monoisotopic (exact) mass is 321 g/mol. The van der Waals surface area contributed by atoms with Crippen LogP contribution >= 0.6 is 11.8 Å². The van der Waals surface area contributed by atoms with Gasteiger partial charge in [0.15, 0.2) is 5.16 Å². The predicted molar refractivity (Wildman–Crippen MR) is 85.6 cm³/mol. The van der Waals surface area contributed by atoms with Crippen LogP contribution < -0.4 is 5.32 Å². The van der Waals surface area contributed by atoms with Gasteiger partial charge in [-0.25, -0.2) is 9.97 Å². The van der Waals surface area contributed by atoms with Crippen LogP contribution in [0.4, 0.5) is 0 Å². The Hall–Kier alpha value is -1.14. The number of carbonyl (C=O) groups is 1. The molecule has 0 spiro atoms. The van der Waals surface area contributed by atoms with E-state index in [-0.39, 0.29) is 11.8 Å². The molecule has 1 unspecified atom stereocenters. The van der Waals surface area contributed by atoms with Crippen LogP contribution in [0.2, 0.25) is 0 Å². The van der Waals surface area contributed by atoms with Crippen molar-refractivity contribution in [2.45, 2.75) is 55.0 Å². The van der Waals surface area contributed by atoms with E-state index in [1.807, 2.05) is 6.07 Å². The lowest BCUT2D eigenvalue weighted by molar-refractivity contribution is -0.129. The average molecular weight is 321 g/mol. The van der Waals surface area contributed by atoms with Crippen LogP contribution in [0.25, 0.3) is 0 Å². The van der Waals surface area contributed by atoms with Gasteiger partial charge in [-0.15, -0.1) is 0 Å². The number of hydrogen-bond acceptors (Lipinski definition) is 5. The summed E-state index contributed by atoms with van der Waals surface area (Å²) in [6, 6.07) is 2.16. The van der Waals surface area contributed by atoms with Crippen molar-refractivity contribution in [3.05, 3.63) is 18.5 Å². The van der Waals surface area contributed by atoms with Crippen molar-refractivity contribution < 1.29 is 9.53 Å². The summed E-state index contributed by atoms with van der Waals surface area (Å²) in [5.41, 5.74) is 0. The SMILES string of the molecule is O=C(NC1CCC(Sc2ncccn2)CC1)C1CCCOC1. The lowest BCUT2D eigenvalue weighted by Crippen LogP contribution is -2.43. The van der Waals surface area contributed by atoms with E-state index in [2.05, 4.69) is 15.3 Å². The third kappa shape index (κ3) is 4.43. The van der Waals surface area contributed by atoms with E-state index in [1.54, 1.807) is 24.2 Å². The highest BCUT2D eigenvalue weighted by Gasteiger charge is 2.27. The third-order valence-electron chi connectivity index (χ3n) is 4.37. The Morgan fingerprint density at radius 1 is 1.18 bits per heavy atom. The van der Waals surface area contributed by atoms with E-state index in [0.717, 1.165) is 50.3 Å². The molecule has 0 bridgehead atoms. The van der Waals surface area contributed by atoms with Crippen molar-refractivity contribution in [3.63, 3.8) is 0 Å². The van der Waals surface area contributed by atoms with Gasteiger partial charge in [-0.1, -0.05) is 11.8 Å². The zero-order chi connectivity index (χ0) is 15.2. The number of ether oxygens (including phenoxy) is 1. The van der Waals surface area contributed by atoms with Gasteiger partial charge in [-0.2, -0.15) is 0 Å². The number of hydrogen-bond donors (Lipinski definition) is 1. The largest absolute Gasteiger partial charge is 0.381 e. The van der Waals surface area contributed by atoms with E-state index in [1.165, 1.54) is 0 Å². The first-order valence-electron chi connectivity index (χ1n) is 8.13. The number of carbonyl (C=O) groups excluding carboxylic acids is 1. The highest BCUT2D eigenvalue weighted by molar-refractivity contribution is 7.99.